The standard InChI is InChI=1S/C18H14ClFN2O3S/c19-16-11-15(7-8-17(16)20)26(23,24)22-12-13-4-3-5-14(10-13)25-18-6-1-2-9-21-18/h1-11,22H,12H2. The smallest absolute Gasteiger partial charge is 0.240 e. The molecule has 0 bridgehead atoms. The highest BCUT2D eigenvalue weighted by Crippen LogP contribution is 2.21. The molecule has 0 aliphatic rings. The summed E-state index contributed by atoms with van der Waals surface area (Å²) in [6, 6.07) is 15.5. The Morgan fingerprint density at radius 2 is 1.92 bits per heavy atom. The Morgan fingerprint density at radius 3 is 2.65 bits per heavy atom. The van der Waals surface area contributed by atoms with Gasteiger partial charge in [0.25, 0.3) is 0 Å². The lowest BCUT2D eigenvalue weighted by molar-refractivity contribution is 0.462. The zero-order chi connectivity index (χ0) is 18.6. The maximum absolute atomic E-state index is 13.2. The van der Waals surface area contributed by atoms with Gasteiger partial charge in [0, 0.05) is 18.8 Å². The molecular formula is C18H14ClFN2O3S. The Labute approximate surface area is 155 Å². The van der Waals surface area contributed by atoms with Crippen LogP contribution in [0.25, 0.3) is 0 Å². The lowest BCUT2D eigenvalue weighted by atomic mass is 10.2. The fourth-order valence-corrected chi connectivity index (χ4v) is 3.44. The second-order valence-electron chi connectivity index (χ2n) is 5.32. The first kappa shape index (κ1) is 18.3. The zero-order valence-corrected chi connectivity index (χ0v) is 15.0. The van der Waals surface area contributed by atoms with Gasteiger partial charge in [-0.15, -0.1) is 0 Å². The van der Waals surface area contributed by atoms with E-state index in [-0.39, 0.29) is 16.5 Å². The number of rotatable bonds is 6. The molecule has 0 atom stereocenters. The summed E-state index contributed by atoms with van der Waals surface area (Å²) in [6.45, 7) is 0.0384. The molecule has 0 saturated heterocycles. The summed E-state index contributed by atoms with van der Waals surface area (Å²) in [6.07, 6.45) is 1.61. The summed E-state index contributed by atoms with van der Waals surface area (Å²) in [4.78, 5) is 3.96. The first-order valence-corrected chi connectivity index (χ1v) is 9.43. The molecule has 1 N–H and O–H groups in total. The predicted molar refractivity (Wildman–Crippen MR) is 96.2 cm³/mol. The zero-order valence-electron chi connectivity index (χ0n) is 13.4. The molecule has 0 aliphatic carbocycles. The summed E-state index contributed by atoms with van der Waals surface area (Å²) < 4.78 is 45.9. The average Bonchev–Trinajstić information content (AvgIpc) is 2.63. The van der Waals surface area contributed by atoms with Gasteiger partial charge in [-0.1, -0.05) is 29.8 Å². The Bertz CT molecular complexity index is 1010. The van der Waals surface area contributed by atoms with Crippen LogP contribution in [0.2, 0.25) is 5.02 Å². The molecule has 1 aromatic heterocycles. The highest BCUT2D eigenvalue weighted by Gasteiger charge is 2.15. The predicted octanol–water partition coefficient (Wildman–Crippen LogP) is 4.14. The van der Waals surface area contributed by atoms with Crippen LogP contribution in [-0.2, 0) is 16.6 Å². The molecule has 0 spiro atoms. The van der Waals surface area contributed by atoms with Crippen LogP contribution < -0.4 is 9.46 Å². The normalized spacial score (nSPS) is 11.3. The van der Waals surface area contributed by atoms with E-state index in [0.717, 1.165) is 18.2 Å². The minimum absolute atomic E-state index is 0.0384. The summed E-state index contributed by atoms with van der Waals surface area (Å²) in [7, 11) is -3.82. The summed E-state index contributed by atoms with van der Waals surface area (Å²) in [5.41, 5.74) is 0.690. The summed E-state index contributed by atoms with van der Waals surface area (Å²) in [5, 5.41) is -0.251. The van der Waals surface area contributed by atoms with Crippen molar-refractivity contribution in [2.24, 2.45) is 0 Å². The molecule has 5 nitrogen and oxygen atoms in total. The van der Waals surface area contributed by atoms with Crippen molar-refractivity contribution in [3.8, 4) is 11.6 Å². The monoisotopic (exact) mass is 392 g/mol. The molecular weight excluding hydrogens is 379 g/mol. The molecule has 2 aromatic carbocycles. The van der Waals surface area contributed by atoms with Gasteiger partial charge in [-0.25, -0.2) is 22.5 Å². The third kappa shape index (κ3) is 4.57. The van der Waals surface area contributed by atoms with Gasteiger partial charge in [-0.2, -0.15) is 0 Å². The van der Waals surface area contributed by atoms with Crippen molar-refractivity contribution in [3.05, 3.63) is 83.3 Å². The lowest BCUT2D eigenvalue weighted by Crippen LogP contribution is -2.23. The van der Waals surface area contributed by atoms with Crippen molar-refractivity contribution in [1.82, 2.24) is 9.71 Å². The number of benzene rings is 2. The van der Waals surface area contributed by atoms with Crippen LogP contribution in [0.15, 0.2) is 71.8 Å². The van der Waals surface area contributed by atoms with E-state index >= 15 is 0 Å². The van der Waals surface area contributed by atoms with Crippen LogP contribution >= 0.6 is 11.6 Å². The van der Waals surface area contributed by atoms with E-state index in [1.807, 2.05) is 0 Å². The van der Waals surface area contributed by atoms with E-state index in [1.54, 1.807) is 48.7 Å². The molecule has 0 unspecified atom stereocenters. The third-order valence-electron chi connectivity index (χ3n) is 3.43. The van der Waals surface area contributed by atoms with E-state index in [0.29, 0.717) is 17.2 Å². The van der Waals surface area contributed by atoms with Gasteiger partial charge >= 0.3 is 0 Å². The average molecular weight is 393 g/mol. The van der Waals surface area contributed by atoms with Crippen molar-refractivity contribution in [1.29, 1.82) is 0 Å². The number of pyridine rings is 1. The number of nitrogens with one attached hydrogen (secondary N) is 1. The number of aromatic nitrogens is 1. The number of halogens is 2. The van der Waals surface area contributed by atoms with Crippen molar-refractivity contribution in [3.63, 3.8) is 0 Å². The van der Waals surface area contributed by atoms with Crippen molar-refractivity contribution in [2.75, 3.05) is 0 Å². The second-order valence-corrected chi connectivity index (χ2v) is 7.49. The fourth-order valence-electron chi connectivity index (χ4n) is 2.15. The largest absolute Gasteiger partial charge is 0.439 e. The van der Waals surface area contributed by atoms with Gasteiger partial charge in [-0.05, 0) is 42.0 Å². The highest BCUT2D eigenvalue weighted by atomic mass is 35.5. The van der Waals surface area contributed by atoms with Crippen LogP contribution in [0.5, 0.6) is 11.6 Å². The van der Waals surface area contributed by atoms with Crippen molar-refractivity contribution in [2.45, 2.75) is 11.4 Å². The van der Waals surface area contributed by atoms with Crippen LogP contribution in [0.3, 0.4) is 0 Å². The summed E-state index contributed by atoms with van der Waals surface area (Å²) >= 11 is 5.65. The van der Waals surface area contributed by atoms with Gasteiger partial charge in [-0.3, -0.25) is 0 Å². The molecule has 26 heavy (non-hydrogen) atoms. The number of sulfonamides is 1. The van der Waals surface area contributed by atoms with Gasteiger partial charge in [0.1, 0.15) is 11.6 Å². The van der Waals surface area contributed by atoms with Crippen LogP contribution in [0, 0.1) is 5.82 Å². The number of hydrogen-bond donors (Lipinski definition) is 1. The SMILES string of the molecule is O=S(=O)(NCc1cccc(Oc2ccccn2)c1)c1ccc(F)c(Cl)c1. The molecule has 0 radical (unpaired) electrons. The lowest BCUT2D eigenvalue weighted by Gasteiger charge is -2.09. The number of ether oxygens (including phenoxy) is 1. The second kappa shape index (κ2) is 7.82. The molecule has 0 saturated carbocycles. The van der Waals surface area contributed by atoms with E-state index < -0.39 is 15.8 Å². The molecule has 1 heterocycles. The Hall–Kier alpha value is -2.48. The van der Waals surface area contributed by atoms with E-state index in [4.69, 9.17) is 16.3 Å². The quantitative estimate of drug-likeness (QED) is 0.684. The molecule has 0 amide bonds. The summed E-state index contributed by atoms with van der Waals surface area (Å²) in [5.74, 6) is 0.293. The van der Waals surface area contributed by atoms with E-state index in [1.165, 1.54) is 0 Å². The first-order chi connectivity index (χ1) is 12.4. The van der Waals surface area contributed by atoms with Gasteiger partial charge in [0.2, 0.25) is 15.9 Å². The van der Waals surface area contributed by atoms with Crippen LogP contribution in [0.4, 0.5) is 4.39 Å². The van der Waals surface area contributed by atoms with Crippen LogP contribution in [-0.4, -0.2) is 13.4 Å². The number of nitrogens with zero attached hydrogens (tertiary/aromatic N) is 1. The first-order valence-electron chi connectivity index (χ1n) is 7.56. The van der Waals surface area contributed by atoms with Gasteiger partial charge < -0.3 is 4.74 Å². The van der Waals surface area contributed by atoms with E-state index in [2.05, 4.69) is 9.71 Å². The minimum atomic E-state index is -3.82. The highest BCUT2D eigenvalue weighted by molar-refractivity contribution is 7.89. The molecule has 0 fully saturated rings. The maximum Gasteiger partial charge on any atom is 0.240 e. The topological polar surface area (TPSA) is 68.3 Å². The molecule has 3 aromatic rings. The molecule has 8 heteroatoms. The molecule has 3 rings (SSSR count). The minimum Gasteiger partial charge on any atom is -0.439 e. The maximum atomic E-state index is 13.2. The molecule has 0 aliphatic heterocycles. The Balaban J connectivity index is 1.71. The third-order valence-corrected chi connectivity index (χ3v) is 5.11. The Morgan fingerprint density at radius 1 is 1.08 bits per heavy atom. The van der Waals surface area contributed by atoms with Crippen LogP contribution in [0.1, 0.15) is 5.56 Å². The van der Waals surface area contributed by atoms with Gasteiger partial charge in [0.05, 0.1) is 9.92 Å². The van der Waals surface area contributed by atoms with Crippen molar-refractivity contribution >= 4 is 21.6 Å². The van der Waals surface area contributed by atoms with E-state index in [9.17, 15) is 12.8 Å². The molecule has 134 valence electrons. The van der Waals surface area contributed by atoms with Crippen molar-refractivity contribution < 1.29 is 17.5 Å². The van der Waals surface area contributed by atoms with Gasteiger partial charge in [0.15, 0.2) is 0 Å². The Kier molecular flexibility index (Phi) is 5.51. The number of hydrogen-bond acceptors (Lipinski definition) is 4. The fraction of sp³-hybridized carbons (Fsp3) is 0.0556.